The molecule has 0 saturated heterocycles. The van der Waals surface area contributed by atoms with Gasteiger partial charge in [-0.15, -0.1) is 0 Å². The minimum absolute atomic E-state index is 0.215. The van der Waals surface area contributed by atoms with Crippen molar-refractivity contribution in [3.05, 3.63) is 60.6 Å². The number of benzene rings is 1. The van der Waals surface area contributed by atoms with E-state index in [0.29, 0.717) is 27.9 Å². The van der Waals surface area contributed by atoms with Crippen LogP contribution in [0.1, 0.15) is 10.4 Å². The molecule has 22 heavy (non-hydrogen) atoms. The van der Waals surface area contributed by atoms with E-state index in [-0.39, 0.29) is 12.5 Å². The van der Waals surface area contributed by atoms with Gasteiger partial charge >= 0.3 is 0 Å². The summed E-state index contributed by atoms with van der Waals surface area (Å²) in [7, 11) is 0. The third-order valence-electron chi connectivity index (χ3n) is 3.67. The zero-order valence-electron chi connectivity index (χ0n) is 11.5. The molecule has 1 aromatic carbocycles. The largest absolute Gasteiger partial charge is 0.488 e. The zero-order valence-corrected chi connectivity index (χ0v) is 11.5. The first kappa shape index (κ1) is 12.8. The predicted molar refractivity (Wildman–Crippen MR) is 80.5 cm³/mol. The van der Waals surface area contributed by atoms with Crippen molar-refractivity contribution in [1.29, 1.82) is 0 Å². The van der Waals surface area contributed by atoms with E-state index < -0.39 is 5.82 Å². The Labute approximate surface area is 125 Å². The van der Waals surface area contributed by atoms with Gasteiger partial charge in [-0.1, -0.05) is 12.7 Å². The second-order valence-corrected chi connectivity index (χ2v) is 4.99. The maximum Gasteiger partial charge on any atom is 0.268 e. The number of pyridine rings is 1. The van der Waals surface area contributed by atoms with Crippen LogP contribution in [-0.2, 0) is 0 Å². The number of fused-ring (bicyclic) bond motifs is 4. The summed E-state index contributed by atoms with van der Waals surface area (Å²) in [6, 6.07) is 7.87. The highest BCUT2D eigenvalue weighted by Crippen LogP contribution is 2.40. The van der Waals surface area contributed by atoms with Crippen molar-refractivity contribution in [2.75, 3.05) is 6.61 Å². The summed E-state index contributed by atoms with van der Waals surface area (Å²) in [6.45, 7) is 3.84. The van der Waals surface area contributed by atoms with E-state index >= 15 is 0 Å². The number of carbonyl (C=O) groups is 1. The molecule has 0 spiro atoms. The molecule has 0 N–H and O–H groups in total. The van der Waals surface area contributed by atoms with E-state index in [1.807, 2.05) is 6.07 Å². The quantitative estimate of drug-likeness (QED) is 0.544. The summed E-state index contributed by atoms with van der Waals surface area (Å²) in [4.78, 5) is 17.1. The summed E-state index contributed by atoms with van der Waals surface area (Å²) >= 11 is 0. The zero-order chi connectivity index (χ0) is 15.3. The molecule has 4 rings (SSSR count). The standard InChI is InChI=1S/C17H11FN2O2/c1-2-8-22-16-11-9-10(18)5-6-12(11)19-15-13-4-3-7-20(13)17(21)14(15)16/h2-7,9H,1,8H2. The SMILES string of the molecule is C=CCOc1c2c(nc3ccc(F)cc13)-c1cccn1C2=O. The molecule has 0 saturated carbocycles. The lowest BCUT2D eigenvalue weighted by molar-refractivity contribution is 0.0966. The molecular weight excluding hydrogens is 283 g/mol. The lowest BCUT2D eigenvalue weighted by atomic mass is 10.1. The molecule has 0 radical (unpaired) electrons. The van der Waals surface area contributed by atoms with Crippen molar-refractivity contribution < 1.29 is 13.9 Å². The van der Waals surface area contributed by atoms with Crippen molar-refractivity contribution in [3.8, 4) is 17.1 Å². The van der Waals surface area contributed by atoms with Gasteiger partial charge in [0, 0.05) is 11.6 Å². The lowest BCUT2D eigenvalue weighted by Crippen LogP contribution is -2.08. The van der Waals surface area contributed by atoms with E-state index in [1.165, 1.54) is 16.7 Å². The van der Waals surface area contributed by atoms with Crippen molar-refractivity contribution >= 4 is 16.8 Å². The molecule has 2 aromatic heterocycles. The molecular formula is C17H11FN2O2. The van der Waals surface area contributed by atoms with E-state index in [2.05, 4.69) is 11.6 Å². The van der Waals surface area contributed by atoms with Crippen LogP contribution in [0.15, 0.2) is 49.2 Å². The molecule has 1 aliphatic rings. The van der Waals surface area contributed by atoms with Gasteiger partial charge in [-0.25, -0.2) is 9.37 Å². The average Bonchev–Trinajstić information content (AvgIpc) is 3.08. The summed E-state index contributed by atoms with van der Waals surface area (Å²) in [5, 5.41) is 0.486. The van der Waals surface area contributed by atoms with Crippen LogP contribution in [0.2, 0.25) is 0 Å². The summed E-state index contributed by atoms with van der Waals surface area (Å²) < 4.78 is 20.8. The van der Waals surface area contributed by atoms with Gasteiger partial charge in [-0.3, -0.25) is 9.36 Å². The molecule has 4 nitrogen and oxygen atoms in total. The monoisotopic (exact) mass is 294 g/mol. The maximum atomic E-state index is 13.6. The van der Waals surface area contributed by atoms with E-state index in [0.717, 1.165) is 5.69 Å². The number of carbonyl (C=O) groups excluding carboxylic acids is 1. The van der Waals surface area contributed by atoms with Gasteiger partial charge in [-0.05, 0) is 30.3 Å². The molecule has 0 fully saturated rings. The molecule has 3 aromatic rings. The Morgan fingerprint density at radius 1 is 1.36 bits per heavy atom. The summed E-state index contributed by atoms with van der Waals surface area (Å²) in [5.74, 6) is -0.261. The molecule has 5 heteroatoms. The molecule has 0 atom stereocenters. The smallest absolute Gasteiger partial charge is 0.268 e. The Balaban J connectivity index is 2.09. The van der Waals surface area contributed by atoms with Crippen LogP contribution in [-0.4, -0.2) is 22.1 Å². The average molecular weight is 294 g/mol. The van der Waals surface area contributed by atoms with E-state index in [4.69, 9.17) is 4.74 Å². The van der Waals surface area contributed by atoms with Gasteiger partial charge in [0.2, 0.25) is 0 Å². The van der Waals surface area contributed by atoms with E-state index in [9.17, 15) is 9.18 Å². The Morgan fingerprint density at radius 3 is 3.05 bits per heavy atom. The topological polar surface area (TPSA) is 44.1 Å². The molecule has 0 bridgehead atoms. The lowest BCUT2D eigenvalue weighted by Gasteiger charge is -2.11. The third-order valence-corrected chi connectivity index (χ3v) is 3.67. The number of nitrogens with zero attached hydrogens (tertiary/aromatic N) is 2. The maximum absolute atomic E-state index is 13.6. The molecule has 3 heterocycles. The van der Waals surface area contributed by atoms with Gasteiger partial charge in [-0.2, -0.15) is 0 Å². The Kier molecular flexibility index (Phi) is 2.63. The van der Waals surface area contributed by atoms with Gasteiger partial charge < -0.3 is 4.74 Å². The first-order valence-corrected chi connectivity index (χ1v) is 6.80. The van der Waals surface area contributed by atoms with E-state index in [1.54, 1.807) is 24.4 Å². The van der Waals surface area contributed by atoms with Crippen molar-refractivity contribution in [2.24, 2.45) is 0 Å². The number of aromatic nitrogens is 2. The number of halogens is 1. The second-order valence-electron chi connectivity index (χ2n) is 4.99. The molecule has 0 aliphatic carbocycles. The van der Waals surface area contributed by atoms with Crippen LogP contribution >= 0.6 is 0 Å². The Morgan fingerprint density at radius 2 is 2.23 bits per heavy atom. The van der Waals surface area contributed by atoms with Crippen molar-refractivity contribution in [2.45, 2.75) is 0 Å². The molecule has 108 valence electrons. The molecule has 1 aliphatic heterocycles. The summed E-state index contributed by atoms with van der Waals surface area (Å²) in [6.07, 6.45) is 3.26. The van der Waals surface area contributed by atoms with Crippen molar-refractivity contribution in [1.82, 2.24) is 9.55 Å². The second kappa shape index (κ2) is 4.53. The first-order chi connectivity index (χ1) is 10.7. The molecule has 0 amide bonds. The van der Waals surface area contributed by atoms with Crippen LogP contribution in [0, 0.1) is 5.82 Å². The normalized spacial score (nSPS) is 12.3. The minimum Gasteiger partial charge on any atom is -0.488 e. The van der Waals surface area contributed by atoms with Gasteiger partial charge in [0.1, 0.15) is 29.4 Å². The number of hydrogen-bond acceptors (Lipinski definition) is 3. The Hall–Kier alpha value is -2.95. The fourth-order valence-electron chi connectivity index (χ4n) is 2.75. The highest BCUT2D eigenvalue weighted by Gasteiger charge is 2.32. The van der Waals surface area contributed by atoms with Crippen LogP contribution in [0.4, 0.5) is 4.39 Å². The predicted octanol–water partition coefficient (Wildman–Crippen LogP) is 3.41. The summed E-state index contributed by atoms with van der Waals surface area (Å²) in [5.41, 5.74) is 2.24. The van der Waals surface area contributed by atoms with Crippen LogP contribution < -0.4 is 4.74 Å². The highest BCUT2D eigenvalue weighted by molar-refractivity contribution is 6.13. The molecule has 0 unspecified atom stereocenters. The minimum atomic E-state index is -0.400. The van der Waals surface area contributed by atoms with Gasteiger partial charge in [0.15, 0.2) is 0 Å². The fourth-order valence-corrected chi connectivity index (χ4v) is 2.75. The van der Waals surface area contributed by atoms with Crippen LogP contribution in [0.25, 0.3) is 22.3 Å². The number of ether oxygens (including phenoxy) is 1. The Bertz CT molecular complexity index is 943. The number of rotatable bonds is 3. The third kappa shape index (κ3) is 1.62. The highest BCUT2D eigenvalue weighted by atomic mass is 19.1. The number of hydrogen-bond donors (Lipinski definition) is 0. The van der Waals surface area contributed by atoms with Gasteiger partial charge in [0.25, 0.3) is 5.91 Å². The van der Waals surface area contributed by atoms with Crippen LogP contribution in [0.5, 0.6) is 5.75 Å². The fraction of sp³-hybridized carbons (Fsp3) is 0.0588. The first-order valence-electron chi connectivity index (χ1n) is 6.80. The van der Waals surface area contributed by atoms with Crippen molar-refractivity contribution in [3.63, 3.8) is 0 Å². The van der Waals surface area contributed by atoms with Gasteiger partial charge in [0.05, 0.1) is 11.2 Å². The van der Waals surface area contributed by atoms with Crippen LogP contribution in [0.3, 0.4) is 0 Å².